The minimum atomic E-state index is -0.695. The van der Waals surface area contributed by atoms with Crippen molar-refractivity contribution in [3.63, 3.8) is 0 Å². The summed E-state index contributed by atoms with van der Waals surface area (Å²) in [7, 11) is 0. The first-order valence-corrected chi connectivity index (χ1v) is 6.93. The Kier molecular flexibility index (Phi) is 3.67. The minimum absolute atomic E-state index is 0.0193. The van der Waals surface area contributed by atoms with Crippen LogP contribution in [0.15, 0.2) is 24.4 Å². The predicted molar refractivity (Wildman–Crippen MR) is 75.2 cm³/mol. The molecule has 0 N–H and O–H groups in total. The summed E-state index contributed by atoms with van der Waals surface area (Å²) in [6.45, 7) is 0.146. The fourth-order valence-electron chi connectivity index (χ4n) is 1.97. The van der Waals surface area contributed by atoms with Gasteiger partial charge in [0.15, 0.2) is 17.4 Å². The molecule has 112 valence electrons. The number of ether oxygens (including phenoxy) is 1. The zero-order valence-corrected chi connectivity index (χ0v) is 12.1. The van der Waals surface area contributed by atoms with Gasteiger partial charge >= 0.3 is 0 Å². The van der Waals surface area contributed by atoms with Gasteiger partial charge in [-0.05, 0) is 42.6 Å². The molecule has 0 aliphatic heterocycles. The van der Waals surface area contributed by atoms with Crippen molar-refractivity contribution in [2.24, 2.45) is 5.41 Å². The maximum absolute atomic E-state index is 14.1. The van der Waals surface area contributed by atoms with Crippen molar-refractivity contribution in [1.29, 1.82) is 5.26 Å². The lowest BCUT2D eigenvalue weighted by Crippen LogP contribution is -2.11. The summed E-state index contributed by atoms with van der Waals surface area (Å²) < 4.78 is 33.1. The van der Waals surface area contributed by atoms with Gasteiger partial charge in [-0.2, -0.15) is 5.26 Å². The predicted octanol–water partition coefficient (Wildman–Crippen LogP) is 3.76. The molecule has 7 heteroatoms. The maximum atomic E-state index is 14.1. The molecular formula is C15H10ClF2N3O. The average Bonchev–Trinajstić information content (AvgIpc) is 3.29. The number of rotatable bonds is 4. The number of hydrogen-bond donors (Lipinski definition) is 0. The Morgan fingerprint density at radius 2 is 2.09 bits per heavy atom. The van der Waals surface area contributed by atoms with Gasteiger partial charge in [0.25, 0.3) is 0 Å². The molecule has 1 aliphatic rings. The van der Waals surface area contributed by atoms with Gasteiger partial charge < -0.3 is 4.74 Å². The Labute approximate surface area is 130 Å². The van der Waals surface area contributed by atoms with Crippen LogP contribution >= 0.6 is 11.6 Å². The lowest BCUT2D eigenvalue weighted by molar-refractivity contribution is 0.257. The van der Waals surface area contributed by atoms with Crippen LogP contribution < -0.4 is 4.74 Å². The van der Waals surface area contributed by atoms with Gasteiger partial charge in [-0.1, -0.05) is 0 Å². The van der Waals surface area contributed by atoms with Crippen LogP contribution in [0.2, 0.25) is 5.28 Å². The number of nitriles is 1. The highest BCUT2D eigenvalue weighted by atomic mass is 35.5. The van der Waals surface area contributed by atoms with Gasteiger partial charge in [0.05, 0.1) is 17.7 Å². The number of halogens is 3. The highest BCUT2D eigenvalue weighted by molar-refractivity contribution is 6.28. The Bertz CT molecular complexity index is 772. The summed E-state index contributed by atoms with van der Waals surface area (Å²) in [5.74, 6) is -1.33. The van der Waals surface area contributed by atoms with E-state index in [0.29, 0.717) is 0 Å². The smallest absolute Gasteiger partial charge is 0.223 e. The van der Waals surface area contributed by atoms with Crippen LogP contribution in [0.4, 0.5) is 8.78 Å². The molecular weight excluding hydrogens is 312 g/mol. The zero-order chi connectivity index (χ0) is 15.7. The number of hydrogen-bond acceptors (Lipinski definition) is 4. The van der Waals surface area contributed by atoms with Crippen molar-refractivity contribution in [2.75, 3.05) is 6.61 Å². The summed E-state index contributed by atoms with van der Waals surface area (Å²) in [4.78, 5) is 7.26. The summed E-state index contributed by atoms with van der Waals surface area (Å²) in [5.41, 5.74) is -0.341. The lowest BCUT2D eigenvalue weighted by atomic mass is 10.1. The second-order valence-corrected chi connectivity index (χ2v) is 5.50. The molecule has 1 heterocycles. The second-order valence-electron chi connectivity index (χ2n) is 5.16. The Morgan fingerprint density at radius 3 is 2.73 bits per heavy atom. The molecule has 0 bridgehead atoms. The van der Waals surface area contributed by atoms with E-state index in [1.165, 1.54) is 12.1 Å². The molecule has 0 saturated heterocycles. The number of benzene rings is 1. The Hall–Kier alpha value is -2.26. The van der Waals surface area contributed by atoms with Gasteiger partial charge in [-0.25, -0.2) is 18.7 Å². The molecule has 1 aromatic carbocycles. The van der Waals surface area contributed by atoms with Crippen LogP contribution in [-0.4, -0.2) is 16.6 Å². The molecule has 1 saturated carbocycles. The lowest BCUT2D eigenvalue weighted by Gasteiger charge is -2.11. The fraction of sp³-hybridized carbons (Fsp3) is 0.267. The largest absolute Gasteiger partial charge is 0.489 e. The molecule has 2 aromatic rings. The highest BCUT2D eigenvalue weighted by Crippen LogP contribution is 2.45. The summed E-state index contributed by atoms with van der Waals surface area (Å²) in [6, 6.07) is 6.14. The van der Waals surface area contributed by atoms with Crippen LogP contribution in [0.3, 0.4) is 0 Å². The third kappa shape index (κ3) is 2.85. The molecule has 4 nitrogen and oxygen atoms in total. The van der Waals surface area contributed by atoms with Gasteiger partial charge in [0.2, 0.25) is 5.28 Å². The third-order valence-electron chi connectivity index (χ3n) is 3.51. The molecule has 0 atom stereocenters. The highest BCUT2D eigenvalue weighted by Gasteiger charge is 2.44. The average molecular weight is 322 g/mol. The minimum Gasteiger partial charge on any atom is -0.489 e. The van der Waals surface area contributed by atoms with Gasteiger partial charge in [-0.15, -0.1) is 0 Å². The maximum Gasteiger partial charge on any atom is 0.223 e. The topological polar surface area (TPSA) is 58.8 Å². The SMILES string of the molecule is N#CC1(COc2ccc(-c3nc(Cl)ncc3F)cc2F)CC1. The quantitative estimate of drug-likeness (QED) is 0.805. The molecule has 22 heavy (non-hydrogen) atoms. The fourth-order valence-corrected chi connectivity index (χ4v) is 2.10. The van der Waals surface area contributed by atoms with Crippen LogP contribution in [0.1, 0.15) is 12.8 Å². The molecule has 1 aromatic heterocycles. The molecule has 0 unspecified atom stereocenters. The first-order valence-electron chi connectivity index (χ1n) is 6.55. The van der Waals surface area contributed by atoms with E-state index >= 15 is 0 Å². The van der Waals surface area contributed by atoms with Crippen molar-refractivity contribution in [3.8, 4) is 23.1 Å². The van der Waals surface area contributed by atoms with Crippen molar-refractivity contribution in [2.45, 2.75) is 12.8 Å². The van der Waals surface area contributed by atoms with E-state index in [1.807, 2.05) is 0 Å². The van der Waals surface area contributed by atoms with E-state index in [9.17, 15) is 8.78 Å². The van der Waals surface area contributed by atoms with Gasteiger partial charge in [0.1, 0.15) is 12.3 Å². The summed E-state index contributed by atoms with van der Waals surface area (Å²) in [5, 5.41) is 8.84. The van der Waals surface area contributed by atoms with E-state index in [0.717, 1.165) is 25.1 Å². The molecule has 1 aliphatic carbocycles. The van der Waals surface area contributed by atoms with Crippen LogP contribution in [0, 0.1) is 28.4 Å². The van der Waals surface area contributed by atoms with Gasteiger partial charge in [-0.3, -0.25) is 0 Å². The monoisotopic (exact) mass is 321 g/mol. The van der Waals surface area contributed by atoms with Crippen LogP contribution in [-0.2, 0) is 0 Å². The first-order chi connectivity index (χ1) is 10.5. The standard InChI is InChI=1S/C15H10ClF2N3O/c16-14-20-6-11(18)13(21-14)9-1-2-12(10(17)5-9)22-8-15(7-19)3-4-15/h1-2,5-6H,3-4,8H2. The number of nitrogens with zero attached hydrogens (tertiary/aromatic N) is 3. The molecule has 1 fully saturated rings. The van der Waals surface area contributed by atoms with Crippen molar-refractivity contribution >= 4 is 11.6 Å². The van der Waals surface area contributed by atoms with Gasteiger partial charge in [0, 0.05) is 5.56 Å². The van der Waals surface area contributed by atoms with E-state index in [1.54, 1.807) is 0 Å². The van der Waals surface area contributed by atoms with Crippen molar-refractivity contribution < 1.29 is 13.5 Å². The first kappa shape index (κ1) is 14.7. The molecule has 0 amide bonds. The molecule has 0 spiro atoms. The van der Waals surface area contributed by atoms with E-state index in [-0.39, 0.29) is 28.9 Å². The van der Waals surface area contributed by atoms with Crippen molar-refractivity contribution in [1.82, 2.24) is 9.97 Å². The Balaban J connectivity index is 1.83. The summed E-state index contributed by atoms with van der Waals surface area (Å²) in [6.07, 6.45) is 2.44. The zero-order valence-electron chi connectivity index (χ0n) is 11.3. The normalized spacial score (nSPS) is 15.2. The van der Waals surface area contributed by atoms with Crippen LogP contribution in [0.5, 0.6) is 5.75 Å². The van der Waals surface area contributed by atoms with E-state index in [4.69, 9.17) is 21.6 Å². The third-order valence-corrected chi connectivity index (χ3v) is 3.70. The molecule has 0 radical (unpaired) electrons. The molecule has 3 rings (SSSR count). The van der Waals surface area contributed by atoms with E-state index in [2.05, 4.69) is 16.0 Å². The van der Waals surface area contributed by atoms with Crippen molar-refractivity contribution in [3.05, 3.63) is 41.3 Å². The Morgan fingerprint density at radius 1 is 1.32 bits per heavy atom. The summed E-state index contributed by atoms with van der Waals surface area (Å²) >= 11 is 5.62. The van der Waals surface area contributed by atoms with Crippen LogP contribution in [0.25, 0.3) is 11.3 Å². The number of aromatic nitrogens is 2. The van der Waals surface area contributed by atoms with E-state index < -0.39 is 17.0 Å². The second kappa shape index (κ2) is 5.50.